The van der Waals surface area contributed by atoms with Crippen molar-refractivity contribution in [2.75, 3.05) is 5.32 Å². The fourth-order valence-electron chi connectivity index (χ4n) is 3.52. The number of rotatable bonds is 7. The van der Waals surface area contributed by atoms with Crippen molar-refractivity contribution < 1.29 is 18.3 Å². The Labute approximate surface area is 195 Å². The van der Waals surface area contributed by atoms with Gasteiger partial charge in [0, 0.05) is 5.56 Å². The van der Waals surface area contributed by atoms with Gasteiger partial charge in [0.05, 0.1) is 28.6 Å². The van der Waals surface area contributed by atoms with Crippen molar-refractivity contribution in [1.82, 2.24) is 9.78 Å². The Bertz CT molecular complexity index is 1290. The van der Waals surface area contributed by atoms with E-state index in [0.29, 0.717) is 39.2 Å². The number of amides is 1. The molecular weight excluding hydrogens is 445 g/mol. The summed E-state index contributed by atoms with van der Waals surface area (Å²) in [4.78, 5) is 12.8. The van der Waals surface area contributed by atoms with Crippen molar-refractivity contribution >= 4 is 23.2 Å². The molecular formula is C25H23ClFN3O3. The molecule has 2 aromatic heterocycles. The molecule has 2 aromatic carbocycles. The predicted molar refractivity (Wildman–Crippen MR) is 124 cm³/mol. The van der Waals surface area contributed by atoms with Crippen LogP contribution in [0, 0.1) is 26.6 Å². The van der Waals surface area contributed by atoms with E-state index in [1.807, 2.05) is 26.0 Å². The molecule has 8 heteroatoms. The van der Waals surface area contributed by atoms with Crippen molar-refractivity contribution in [3.8, 4) is 5.75 Å². The summed E-state index contributed by atoms with van der Waals surface area (Å²) < 4.78 is 27.1. The van der Waals surface area contributed by atoms with E-state index in [9.17, 15) is 9.18 Å². The lowest BCUT2D eigenvalue weighted by atomic mass is 10.2. The standard InChI is InChI=1S/C25H23ClFN3O3/c1-15-7-6-9-20(26)24(15)32-14-19-11-12-22(33-19)25(31)28-23-16(2)29-30(17(23)3)13-18-8-4-5-10-21(18)27/h4-12H,13-14H2,1-3H3,(H,28,31). The maximum atomic E-state index is 14.0. The largest absolute Gasteiger partial charge is 0.484 e. The summed E-state index contributed by atoms with van der Waals surface area (Å²) in [6.07, 6.45) is 0. The molecule has 4 rings (SSSR count). The third kappa shape index (κ3) is 4.93. The number of ether oxygens (including phenoxy) is 1. The number of hydrogen-bond donors (Lipinski definition) is 1. The molecule has 0 saturated heterocycles. The van der Waals surface area contributed by atoms with Gasteiger partial charge < -0.3 is 14.5 Å². The molecule has 6 nitrogen and oxygen atoms in total. The molecule has 0 fully saturated rings. The first-order chi connectivity index (χ1) is 15.8. The van der Waals surface area contributed by atoms with Crippen molar-refractivity contribution in [3.63, 3.8) is 0 Å². The number of hydrogen-bond acceptors (Lipinski definition) is 4. The Morgan fingerprint density at radius 1 is 1.12 bits per heavy atom. The van der Waals surface area contributed by atoms with Crippen LogP contribution in [-0.2, 0) is 13.2 Å². The van der Waals surface area contributed by atoms with E-state index in [2.05, 4.69) is 10.4 Å². The maximum Gasteiger partial charge on any atom is 0.291 e. The lowest BCUT2D eigenvalue weighted by molar-refractivity contribution is 0.0992. The molecule has 0 aliphatic heterocycles. The number of aromatic nitrogens is 2. The molecule has 4 aromatic rings. The molecule has 0 atom stereocenters. The van der Waals surface area contributed by atoms with Crippen molar-refractivity contribution in [1.29, 1.82) is 0 Å². The zero-order valence-electron chi connectivity index (χ0n) is 18.5. The number of carbonyl (C=O) groups excluding carboxylic acids is 1. The van der Waals surface area contributed by atoms with Crippen LogP contribution in [0.25, 0.3) is 0 Å². The summed E-state index contributed by atoms with van der Waals surface area (Å²) in [5.41, 5.74) is 3.34. The van der Waals surface area contributed by atoms with Gasteiger partial charge in [0.2, 0.25) is 0 Å². The van der Waals surface area contributed by atoms with Gasteiger partial charge in [0.1, 0.15) is 23.9 Å². The molecule has 1 N–H and O–H groups in total. The summed E-state index contributed by atoms with van der Waals surface area (Å²) in [6, 6.07) is 15.3. The van der Waals surface area contributed by atoms with E-state index in [1.165, 1.54) is 6.07 Å². The summed E-state index contributed by atoms with van der Waals surface area (Å²) in [5.74, 6) is 0.503. The number of benzene rings is 2. The second-order valence-electron chi connectivity index (χ2n) is 7.69. The normalized spacial score (nSPS) is 10.9. The summed E-state index contributed by atoms with van der Waals surface area (Å²) in [5, 5.41) is 7.81. The van der Waals surface area contributed by atoms with Gasteiger partial charge in [-0.1, -0.05) is 41.9 Å². The Hall–Kier alpha value is -3.58. The van der Waals surface area contributed by atoms with Crippen LogP contribution in [0.2, 0.25) is 5.02 Å². The number of anilines is 1. The molecule has 0 aliphatic rings. The monoisotopic (exact) mass is 467 g/mol. The SMILES string of the molecule is Cc1cccc(Cl)c1OCc1ccc(C(=O)Nc2c(C)nn(Cc3ccccc3F)c2C)o1. The van der Waals surface area contributed by atoms with Gasteiger partial charge in [0.15, 0.2) is 5.76 Å². The number of furan rings is 1. The van der Waals surface area contributed by atoms with Gasteiger partial charge in [-0.15, -0.1) is 0 Å². The first-order valence-corrected chi connectivity index (χ1v) is 10.8. The van der Waals surface area contributed by atoms with E-state index < -0.39 is 5.91 Å². The Morgan fingerprint density at radius 3 is 2.67 bits per heavy atom. The van der Waals surface area contributed by atoms with Gasteiger partial charge in [-0.25, -0.2) is 4.39 Å². The van der Waals surface area contributed by atoms with Crippen LogP contribution in [0.1, 0.15) is 38.8 Å². The Balaban J connectivity index is 1.44. The van der Waals surface area contributed by atoms with E-state index in [0.717, 1.165) is 5.56 Å². The number of halogens is 2. The van der Waals surface area contributed by atoms with Gasteiger partial charge in [-0.3, -0.25) is 9.48 Å². The second kappa shape index (κ2) is 9.50. The minimum absolute atomic E-state index is 0.135. The van der Waals surface area contributed by atoms with E-state index in [-0.39, 0.29) is 24.7 Å². The quantitative estimate of drug-likeness (QED) is 0.358. The topological polar surface area (TPSA) is 69.3 Å². The number of nitrogens with one attached hydrogen (secondary N) is 1. The maximum absolute atomic E-state index is 14.0. The number of nitrogens with zero attached hydrogens (tertiary/aromatic N) is 2. The van der Waals surface area contributed by atoms with Gasteiger partial charge in [0.25, 0.3) is 5.91 Å². The zero-order chi connectivity index (χ0) is 23.5. The highest BCUT2D eigenvalue weighted by molar-refractivity contribution is 6.32. The second-order valence-corrected chi connectivity index (χ2v) is 8.10. The first-order valence-electron chi connectivity index (χ1n) is 10.4. The van der Waals surface area contributed by atoms with Crippen LogP contribution in [0.4, 0.5) is 10.1 Å². The average Bonchev–Trinajstić information content (AvgIpc) is 3.35. The van der Waals surface area contributed by atoms with E-state index in [1.54, 1.807) is 48.0 Å². The van der Waals surface area contributed by atoms with Crippen molar-refractivity contribution in [3.05, 3.63) is 99.5 Å². The van der Waals surface area contributed by atoms with Gasteiger partial charge >= 0.3 is 0 Å². The first kappa shape index (κ1) is 22.6. The van der Waals surface area contributed by atoms with Crippen LogP contribution in [0.15, 0.2) is 59.0 Å². The molecule has 0 spiro atoms. The molecule has 0 saturated carbocycles. The minimum atomic E-state index is -0.410. The lowest BCUT2D eigenvalue weighted by Gasteiger charge is -2.09. The van der Waals surface area contributed by atoms with Crippen molar-refractivity contribution in [2.24, 2.45) is 0 Å². The number of para-hydroxylation sites is 1. The molecule has 1 amide bonds. The smallest absolute Gasteiger partial charge is 0.291 e. The molecule has 33 heavy (non-hydrogen) atoms. The van der Waals surface area contributed by atoms with Crippen molar-refractivity contribution in [2.45, 2.75) is 33.9 Å². The van der Waals surface area contributed by atoms with Crippen LogP contribution in [0.3, 0.4) is 0 Å². The number of carbonyl (C=O) groups is 1. The minimum Gasteiger partial charge on any atom is -0.484 e. The Kier molecular flexibility index (Phi) is 6.51. The molecule has 0 aliphatic carbocycles. The molecule has 0 unspecified atom stereocenters. The van der Waals surface area contributed by atoms with Crippen LogP contribution < -0.4 is 10.1 Å². The summed E-state index contributed by atoms with van der Waals surface area (Å²) in [7, 11) is 0. The van der Waals surface area contributed by atoms with Crippen LogP contribution in [0.5, 0.6) is 5.75 Å². The van der Waals surface area contributed by atoms with E-state index in [4.69, 9.17) is 20.8 Å². The highest BCUT2D eigenvalue weighted by Crippen LogP contribution is 2.29. The number of aryl methyl sites for hydroxylation is 2. The summed E-state index contributed by atoms with van der Waals surface area (Å²) >= 11 is 6.18. The average molecular weight is 468 g/mol. The molecule has 0 bridgehead atoms. The molecule has 170 valence electrons. The third-order valence-electron chi connectivity index (χ3n) is 5.31. The summed E-state index contributed by atoms with van der Waals surface area (Å²) in [6.45, 7) is 5.91. The highest BCUT2D eigenvalue weighted by Gasteiger charge is 2.18. The predicted octanol–water partition coefficient (Wildman–Crippen LogP) is 6.07. The van der Waals surface area contributed by atoms with Gasteiger partial charge in [-0.2, -0.15) is 5.10 Å². The molecule has 2 heterocycles. The lowest BCUT2D eigenvalue weighted by Crippen LogP contribution is -2.12. The zero-order valence-corrected chi connectivity index (χ0v) is 19.2. The van der Waals surface area contributed by atoms with E-state index >= 15 is 0 Å². The fourth-order valence-corrected chi connectivity index (χ4v) is 3.79. The Morgan fingerprint density at radius 2 is 1.91 bits per heavy atom. The third-order valence-corrected chi connectivity index (χ3v) is 5.60. The van der Waals surface area contributed by atoms with Crippen LogP contribution in [-0.4, -0.2) is 15.7 Å². The molecule has 0 radical (unpaired) electrons. The fraction of sp³-hybridized carbons (Fsp3) is 0.200. The highest BCUT2D eigenvalue weighted by atomic mass is 35.5. The van der Waals surface area contributed by atoms with Gasteiger partial charge in [-0.05, 0) is 50.6 Å². The van der Waals surface area contributed by atoms with Crippen LogP contribution >= 0.6 is 11.6 Å².